The topological polar surface area (TPSA) is 66.1 Å². The van der Waals surface area contributed by atoms with E-state index in [0.29, 0.717) is 5.76 Å². The Morgan fingerprint density at radius 2 is 1.71 bits per heavy atom. The van der Waals surface area contributed by atoms with Gasteiger partial charge in [0, 0.05) is 19.2 Å². The van der Waals surface area contributed by atoms with Gasteiger partial charge in [-0.1, -0.05) is 12.2 Å². The number of fused-ring (bicyclic) bond motifs is 5. The van der Waals surface area contributed by atoms with Crippen LogP contribution in [0.2, 0.25) is 0 Å². The molecule has 2 saturated heterocycles. The highest BCUT2D eigenvalue weighted by Gasteiger charge is 2.59. The summed E-state index contributed by atoms with van der Waals surface area (Å²) in [5.74, 6) is 1.07. The van der Waals surface area contributed by atoms with Crippen LogP contribution >= 0.6 is 0 Å². The molecular weight excluding hydrogens is 306 g/mol. The number of hydrogen-bond donors (Lipinski definition) is 0. The van der Waals surface area contributed by atoms with Gasteiger partial charge < -0.3 is 9.32 Å². The third-order valence-corrected chi connectivity index (χ3v) is 5.78. The molecule has 1 aromatic rings. The van der Waals surface area contributed by atoms with Crippen molar-refractivity contribution in [2.24, 2.45) is 28.8 Å². The molecule has 0 aromatic carbocycles. The second kappa shape index (κ2) is 5.06. The van der Waals surface area contributed by atoms with Gasteiger partial charge in [0.15, 0.2) is 5.88 Å². The van der Waals surface area contributed by atoms with Crippen molar-refractivity contribution in [3.63, 3.8) is 0 Å². The molecule has 0 radical (unpaired) electrons. The van der Waals surface area contributed by atoms with E-state index >= 15 is 0 Å². The van der Waals surface area contributed by atoms with Crippen LogP contribution in [0.25, 0.3) is 0 Å². The van der Waals surface area contributed by atoms with Gasteiger partial charge in [0.1, 0.15) is 5.76 Å². The minimum Gasteiger partial charge on any atom is -0.440 e. The van der Waals surface area contributed by atoms with Crippen molar-refractivity contribution in [2.75, 3.05) is 18.0 Å². The molecule has 1 saturated carbocycles. The van der Waals surface area contributed by atoms with E-state index in [2.05, 4.69) is 22.2 Å². The Morgan fingerprint density at radius 3 is 2.38 bits per heavy atom. The number of allylic oxidation sites excluding steroid dienone is 2. The second-order valence-electron chi connectivity index (χ2n) is 7.10. The largest absolute Gasteiger partial charge is 0.440 e. The van der Waals surface area contributed by atoms with Crippen molar-refractivity contribution in [3.05, 3.63) is 30.0 Å². The normalized spacial score (nSPS) is 34.3. The molecule has 5 rings (SSSR count). The maximum atomic E-state index is 12.5. The van der Waals surface area contributed by atoms with Crippen LogP contribution < -0.4 is 4.90 Å². The first kappa shape index (κ1) is 14.0. The van der Waals surface area contributed by atoms with E-state index < -0.39 is 0 Å². The Hall–Kier alpha value is -2.37. The predicted octanol–water partition coefficient (Wildman–Crippen LogP) is 2.02. The van der Waals surface area contributed by atoms with Gasteiger partial charge in [-0.2, -0.15) is 10.1 Å². The zero-order valence-electron chi connectivity index (χ0n) is 13.3. The first-order valence-corrected chi connectivity index (χ1v) is 8.67. The minimum absolute atomic E-state index is 0.163. The van der Waals surface area contributed by atoms with Crippen LogP contribution in [0.4, 0.5) is 5.88 Å². The number of anilines is 1. The van der Waals surface area contributed by atoms with Gasteiger partial charge in [0.2, 0.25) is 0 Å². The summed E-state index contributed by atoms with van der Waals surface area (Å²) in [7, 11) is 0. The minimum atomic E-state index is -0.207. The third kappa shape index (κ3) is 1.92. The number of furan rings is 1. The lowest BCUT2D eigenvalue weighted by Gasteiger charge is -2.13. The molecule has 6 heteroatoms. The number of carbonyl (C=O) groups is 2. The van der Waals surface area contributed by atoms with Crippen molar-refractivity contribution in [3.8, 4) is 0 Å². The molecule has 4 aliphatic rings. The van der Waals surface area contributed by atoms with Crippen molar-refractivity contribution in [1.29, 1.82) is 0 Å². The van der Waals surface area contributed by atoms with Crippen molar-refractivity contribution in [2.45, 2.75) is 19.3 Å². The van der Waals surface area contributed by atoms with Crippen molar-refractivity contribution in [1.82, 2.24) is 5.01 Å². The van der Waals surface area contributed by atoms with Crippen LogP contribution in [0, 0.1) is 23.7 Å². The highest BCUT2D eigenvalue weighted by molar-refractivity contribution is 6.06. The average molecular weight is 325 g/mol. The van der Waals surface area contributed by atoms with Gasteiger partial charge in [0.05, 0.1) is 18.1 Å². The van der Waals surface area contributed by atoms with Gasteiger partial charge in [-0.25, -0.2) is 0 Å². The Balaban J connectivity index is 1.34. The highest BCUT2D eigenvalue weighted by atomic mass is 16.4. The van der Waals surface area contributed by atoms with E-state index in [1.54, 1.807) is 0 Å². The molecule has 0 N–H and O–H groups in total. The van der Waals surface area contributed by atoms with E-state index in [4.69, 9.17) is 4.42 Å². The van der Waals surface area contributed by atoms with Crippen LogP contribution in [-0.2, 0) is 9.59 Å². The maximum absolute atomic E-state index is 12.5. The fourth-order valence-electron chi connectivity index (χ4n) is 4.63. The van der Waals surface area contributed by atoms with Crippen molar-refractivity contribution >= 4 is 23.9 Å². The summed E-state index contributed by atoms with van der Waals surface area (Å²) in [4.78, 5) is 27.3. The monoisotopic (exact) mass is 325 g/mol. The SMILES string of the molecule is O=C1[C@@H]2[C@H](C(=O)N1N=Cc1ccc(N3CCCC3)o1)[C@H]1C=C[C@H]2C1. The van der Waals surface area contributed by atoms with Crippen LogP contribution in [0.1, 0.15) is 25.0 Å². The molecule has 0 unspecified atom stereocenters. The molecule has 2 aliphatic carbocycles. The molecule has 3 heterocycles. The van der Waals surface area contributed by atoms with E-state index in [1.807, 2.05) is 12.1 Å². The smallest absolute Gasteiger partial charge is 0.254 e. The number of hydrazone groups is 1. The van der Waals surface area contributed by atoms with Crippen LogP contribution in [0.3, 0.4) is 0 Å². The molecule has 2 bridgehead atoms. The van der Waals surface area contributed by atoms with E-state index in [-0.39, 0.29) is 35.5 Å². The maximum Gasteiger partial charge on any atom is 0.254 e. The predicted molar refractivity (Wildman–Crippen MR) is 87.3 cm³/mol. The lowest BCUT2D eigenvalue weighted by molar-refractivity contribution is -0.140. The number of amides is 2. The molecule has 24 heavy (non-hydrogen) atoms. The van der Waals surface area contributed by atoms with Gasteiger partial charge in [-0.15, -0.1) is 0 Å². The molecule has 124 valence electrons. The van der Waals surface area contributed by atoms with Crippen molar-refractivity contribution < 1.29 is 14.0 Å². The van der Waals surface area contributed by atoms with Gasteiger partial charge in [-0.3, -0.25) is 9.59 Å². The Labute approximate surface area is 139 Å². The highest BCUT2D eigenvalue weighted by Crippen LogP contribution is 2.52. The lowest BCUT2D eigenvalue weighted by Crippen LogP contribution is -2.28. The quantitative estimate of drug-likeness (QED) is 0.484. The van der Waals surface area contributed by atoms with E-state index in [9.17, 15) is 9.59 Å². The third-order valence-electron chi connectivity index (χ3n) is 5.78. The second-order valence-corrected chi connectivity index (χ2v) is 7.10. The summed E-state index contributed by atoms with van der Waals surface area (Å²) >= 11 is 0. The number of rotatable bonds is 3. The fraction of sp³-hybridized carbons (Fsp3) is 0.500. The Kier molecular flexibility index (Phi) is 2.96. The number of imide groups is 1. The molecule has 0 spiro atoms. The standard InChI is InChI=1S/C18H19N3O3/c22-17-15-11-3-4-12(9-11)16(15)18(23)21(17)19-10-13-5-6-14(24-13)20-7-1-2-8-20/h3-6,10-12,15-16H,1-2,7-9H2/t11-,12-,15-,16+/m0/s1. The molecule has 2 amide bonds. The molecule has 2 aliphatic heterocycles. The van der Waals surface area contributed by atoms with Crippen LogP contribution in [-0.4, -0.2) is 36.1 Å². The van der Waals surface area contributed by atoms with Crippen LogP contribution in [0.15, 0.2) is 33.8 Å². The summed E-state index contributed by atoms with van der Waals surface area (Å²) in [6.45, 7) is 2.01. The van der Waals surface area contributed by atoms with Gasteiger partial charge in [-0.05, 0) is 37.2 Å². The number of carbonyl (C=O) groups excluding carboxylic acids is 2. The first-order valence-electron chi connectivity index (χ1n) is 8.67. The molecule has 1 aromatic heterocycles. The lowest BCUT2D eigenvalue weighted by atomic mass is 9.85. The number of nitrogens with zero attached hydrogens (tertiary/aromatic N) is 3. The Bertz CT molecular complexity index is 729. The summed E-state index contributed by atoms with van der Waals surface area (Å²) in [6.07, 6.45) is 8.94. The molecule has 6 nitrogen and oxygen atoms in total. The van der Waals surface area contributed by atoms with Gasteiger partial charge in [0.25, 0.3) is 11.8 Å². The summed E-state index contributed by atoms with van der Waals surface area (Å²) in [5.41, 5.74) is 0. The summed E-state index contributed by atoms with van der Waals surface area (Å²) < 4.78 is 5.76. The van der Waals surface area contributed by atoms with E-state index in [1.165, 1.54) is 19.1 Å². The van der Waals surface area contributed by atoms with E-state index in [0.717, 1.165) is 30.4 Å². The summed E-state index contributed by atoms with van der Waals surface area (Å²) in [5, 5.41) is 5.20. The van der Waals surface area contributed by atoms with Gasteiger partial charge >= 0.3 is 0 Å². The van der Waals surface area contributed by atoms with Crippen LogP contribution in [0.5, 0.6) is 0 Å². The fourth-order valence-corrected chi connectivity index (χ4v) is 4.63. The summed E-state index contributed by atoms with van der Waals surface area (Å²) in [6, 6.07) is 3.74. The zero-order valence-corrected chi connectivity index (χ0v) is 13.3. The zero-order chi connectivity index (χ0) is 16.3. The molecule has 3 fully saturated rings. The first-order chi connectivity index (χ1) is 11.7. The molecular formula is C18H19N3O3. The average Bonchev–Trinajstić information content (AvgIpc) is 3.37. The number of hydrogen-bond acceptors (Lipinski definition) is 5. The Morgan fingerprint density at radius 1 is 1.04 bits per heavy atom. The molecule has 4 atom stereocenters.